The van der Waals surface area contributed by atoms with E-state index in [4.69, 9.17) is 0 Å². The summed E-state index contributed by atoms with van der Waals surface area (Å²) in [5.74, 6) is 2.49. The number of hydrogen-bond acceptors (Lipinski definition) is 4. The largest absolute Gasteiger partial charge is 0.355 e. The number of guanidine groups is 1. The molecule has 0 amide bonds. The number of aliphatic imine (C=N–C) groups is 1. The van der Waals surface area contributed by atoms with Crippen molar-refractivity contribution in [1.82, 2.24) is 14.9 Å². The minimum absolute atomic E-state index is 0. The topological polar surface area (TPSA) is 73.8 Å². The molecule has 0 radical (unpaired) electrons. The third-order valence-corrected chi connectivity index (χ3v) is 7.05. The summed E-state index contributed by atoms with van der Waals surface area (Å²) in [6.45, 7) is 7.30. The molecule has 0 unspecified atom stereocenters. The van der Waals surface area contributed by atoms with Gasteiger partial charge in [-0.05, 0) is 32.6 Å². The van der Waals surface area contributed by atoms with Gasteiger partial charge in [-0.2, -0.15) is 11.8 Å². The molecule has 0 atom stereocenters. The predicted molar refractivity (Wildman–Crippen MR) is 114 cm³/mol. The molecule has 0 aromatic heterocycles. The van der Waals surface area contributed by atoms with Gasteiger partial charge in [0.05, 0.1) is 5.75 Å². The van der Waals surface area contributed by atoms with E-state index < -0.39 is 10.0 Å². The molecular weight excluding hydrogens is 459 g/mol. The van der Waals surface area contributed by atoms with Crippen LogP contribution in [0.1, 0.15) is 33.1 Å². The standard InChI is InChI=1S/C15H30N4O2S2.HI/c1-15(2)12-19(8-9-22-15)14(16-3)17-7-10-23(20,21)18-11-13-5-4-6-13;/h13,18H,4-12H2,1-3H3,(H,16,17);1H. The van der Waals surface area contributed by atoms with Gasteiger partial charge < -0.3 is 10.2 Å². The molecule has 1 aliphatic carbocycles. The summed E-state index contributed by atoms with van der Waals surface area (Å²) < 4.78 is 27.0. The average Bonchev–Trinajstić information content (AvgIpc) is 2.40. The Labute approximate surface area is 168 Å². The van der Waals surface area contributed by atoms with Crippen molar-refractivity contribution in [2.24, 2.45) is 10.9 Å². The minimum Gasteiger partial charge on any atom is -0.355 e. The monoisotopic (exact) mass is 490 g/mol. The quantitative estimate of drug-likeness (QED) is 0.337. The lowest BCUT2D eigenvalue weighted by molar-refractivity contribution is 0.316. The van der Waals surface area contributed by atoms with Gasteiger partial charge in [-0.25, -0.2) is 13.1 Å². The molecule has 2 rings (SSSR count). The van der Waals surface area contributed by atoms with Crippen molar-refractivity contribution in [1.29, 1.82) is 0 Å². The highest BCUT2D eigenvalue weighted by molar-refractivity contribution is 14.0. The van der Waals surface area contributed by atoms with Gasteiger partial charge in [0, 0.05) is 43.7 Å². The molecule has 6 nitrogen and oxygen atoms in total. The maximum atomic E-state index is 12.0. The zero-order valence-corrected chi connectivity index (χ0v) is 18.8. The molecule has 142 valence electrons. The van der Waals surface area contributed by atoms with E-state index in [0.717, 1.165) is 37.6 Å². The lowest BCUT2D eigenvalue weighted by Crippen LogP contribution is -2.51. The van der Waals surface area contributed by atoms with Gasteiger partial charge in [-0.15, -0.1) is 24.0 Å². The second-order valence-corrected chi connectivity index (χ2v) is 10.7. The Bertz CT molecular complexity index is 522. The third-order valence-electron chi connectivity index (χ3n) is 4.41. The summed E-state index contributed by atoms with van der Waals surface area (Å²) in [5, 5.41) is 3.20. The van der Waals surface area contributed by atoms with Crippen molar-refractivity contribution in [3.63, 3.8) is 0 Å². The normalized spacial score (nSPS) is 21.8. The van der Waals surface area contributed by atoms with E-state index in [1.807, 2.05) is 11.8 Å². The first-order valence-electron chi connectivity index (χ1n) is 8.38. The number of hydrogen-bond donors (Lipinski definition) is 2. The summed E-state index contributed by atoms with van der Waals surface area (Å²) in [6.07, 6.45) is 3.53. The highest BCUT2D eigenvalue weighted by Gasteiger charge is 2.28. The Morgan fingerprint density at radius 1 is 1.38 bits per heavy atom. The highest BCUT2D eigenvalue weighted by atomic mass is 127. The zero-order chi connectivity index (χ0) is 16.9. The van der Waals surface area contributed by atoms with Gasteiger partial charge in [0.1, 0.15) is 0 Å². The summed E-state index contributed by atoms with van der Waals surface area (Å²) in [4.78, 5) is 6.51. The van der Waals surface area contributed by atoms with E-state index in [9.17, 15) is 8.42 Å². The molecular formula is C15H31IN4O2S2. The molecule has 1 heterocycles. The number of sulfonamides is 1. The minimum atomic E-state index is -3.20. The third kappa shape index (κ3) is 7.25. The smallest absolute Gasteiger partial charge is 0.213 e. The van der Waals surface area contributed by atoms with Crippen LogP contribution < -0.4 is 10.0 Å². The first-order valence-corrected chi connectivity index (χ1v) is 11.0. The summed E-state index contributed by atoms with van der Waals surface area (Å²) >= 11 is 1.97. The van der Waals surface area contributed by atoms with Crippen molar-refractivity contribution in [2.75, 3.05) is 44.7 Å². The molecule has 2 fully saturated rings. The van der Waals surface area contributed by atoms with Crippen LogP contribution in [0.5, 0.6) is 0 Å². The molecule has 1 saturated carbocycles. The fourth-order valence-electron chi connectivity index (χ4n) is 2.84. The number of rotatable bonds is 6. The van der Waals surface area contributed by atoms with Crippen molar-refractivity contribution in [2.45, 2.75) is 37.9 Å². The highest BCUT2D eigenvalue weighted by Crippen LogP contribution is 2.29. The molecule has 2 N–H and O–H groups in total. The van der Waals surface area contributed by atoms with E-state index >= 15 is 0 Å². The molecule has 2 aliphatic rings. The molecule has 1 saturated heterocycles. The van der Waals surface area contributed by atoms with Gasteiger partial charge in [-0.3, -0.25) is 4.99 Å². The average molecular weight is 490 g/mol. The van der Waals surface area contributed by atoms with Crippen molar-refractivity contribution in [3.05, 3.63) is 0 Å². The second-order valence-electron chi connectivity index (χ2n) is 6.97. The molecule has 0 aromatic rings. The van der Waals surface area contributed by atoms with E-state index in [2.05, 4.69) is 33.8 Å². The summed E-state index contributed by atoms with van der Waals surface area (Å²) in [6, 6.07) is 0. The van der Waals surface area contributed by atoms with Crippen LogP contribution >= 0.6 is 35.7 Å². The van der Waals surface area contributed by atoms with Crippen LogP contribution in [-0.4, -0.2) is 68.8 Å². The first-order chi connectivity index (χ1) is 10.8. The molecule has 1 aliphatic heterocycles. The van der Waals surface area contributed by atoms with Crippen molar-refractivity contribution < 1.29 is 8.42 Å². The Hall–Kier alpha value is 0.260. The predicted octanol–water partition coefficient (Wildman–Crippen LogP) is 1.73. The lowest BCUT2D eigenvalue weighted by atomic mass is 9.86. The number of nitrogens with one attached hydrogen (secondary N) is 2. The van der Waals surface area contributed by atoms with E-state index in [-0.39, 0.29) is 34.5 Å². The SMILES string of the molecule is CN=C(NCCS(=O)(=O)NCC1CCC1)N1CCSC(C)(C)C1.I. The van der Waals surface area contributed by atoms with Gasteiger partial charge in [0.15, 0.2) is 5.96 Å². The number of halogens is 1. The first kappa shape index (κ1) is 22.3. The fourth-order valence-corrected chi connectivity index (χ4v) is 4.96. The van der Waals surface area contributed by atoms with Crippen molar-refractivity contribution >= 4 is 51.7 Å². The van der Waals surface area contributed by atoms with Crippen LogP contribution in [0, 0.1) is 5.92 Å². The van der Waals surface area contributed by atoms with E-state index in [0.29, 0.717) is 19.0 Å². The van der Waals surface area contributed by atoms with E-state index in [1.165, 1.54) is 6.42 Å². The van der Waals surface area contributed by atoms with Gasteiger partial charge in [0.25, 0.3) is 0 Å². The number of nitrogens with zero attached hydrogens (tertiary/aromatic N) is 2. The van der Waals surface area contributed by atoms with Gasteiger partial charge in [0.2, 0.25) is 10.0 Å². The molecule has 9 heteroatoms. The Kier molecular flexibility index (Phi) is 9.12. The van der Waals surface area contributed by atoms with Crippen LogP contribution in [0.3, 0.4) is 0 Å². The maximum Gasteiger partial charge on any atom is 0.213 e. The summed E-state index contributed by atoms with van der Waals surface area (Å²) in [7, 11) is -1.45. The summed E-state index contributed by atoms with van der Waals surface area (Å²) in [5.41, 5.74) is 0. The van der Waals surface area contributed by atoms with Crippen LogP contribution in [-0.2, 0) is 10.0 Å². The van der Waals surface area contributed by atoms with Gasteiger partial charge in [-0.1, -0.05) is 6.42 Å². The second kappa shape index (κ2) is 9.82. The fraction of sp³-hybridized carbons (Fsp3) is 0.933. The van der Waals surface area contributed by atoms with Crippen LogP contribution in [0.15, 0.2) is 4.99 Å². The van der Waals surface area contributed by atoms with Gasteiger partial charge >= 0.3 is 0 Å². The Morgan fingerprint density at radius 3 is 2.62 bits per heavy atom. The lowest BCUT2D eigenvalue weighted by Gasteiger charge is -2.39. The molecule has 0 bridgehead atoms. The zero-order valence-electron chi connectivity index (χ0n) is 14.9. The Morgan fingerprint density at radius 2 is 2.08 bits per heavy atom. The maximum absolute atomic E-state index is 12.0. The van der Waals surface area contributed by atoms with Crippen molar-refractivity contribution in [3.8, 4) is 0 Å². The molecule has 0 aromatic carbocycles. The molecule has 0 spiro atoms. The molecule has 24 heavy (non-hydrogen) atoms. The van der Waals surface area contributed by atoms with Crippen LogP contribution in [0.4, 0.5) is 0 Å². The van der Waals surface area contributed by atoms with Crippen LogP contribution in [0.2, 0.25) is 0 Å². The van der Waals surface area contributed by atoms with E-state index in [1.54, 1.807) is 7.05 Å². The van der Waals surface area contributed by atoms with Crippen LogP contribution in [0.25, 0.3) is 0 Å². The number of thioether (sulfide) groups is 1. The Balaban J connectivity index is 0.00000288.